The van der Waals surface area contributed by atoms with Gasteiger partial charge >= 0.3 is 6.18 Å². The number of nitrogens with zero attached hydrogens (tertiary/aromatic N) is 4. The second-order valence-corrected chi connectivity index (χ2v) is 7.52. The average molecular weight is 383 g/mol. The molecule has 2 heterocycles. The van der Waals surface area contributed by atoms with Gasteiger partial charge in [0, 0.05) is 23.0 Å². The summed E-state index contributed by atoms with van der Waals surface area (Å²) in [5, 5.41) is 6.60. The fourth-order valence-corrected chi connectivity index (χ4v) is 3.79. The van der Waals surface area contributed by atoms with E-state index in [1.807, 2.05) is 0 Å². The van der Waals surface area contributed by atoms with Gasteiger partial charge < -0.3 is 5.32 Å². The molecular weight excluding hydrogens is 359 g/mol. The molecule has 1 aliphatic rings. The zero-order valence-corrected chi connectivity index (χ0v) is 15.9. The molecule has 6 nitrogen and oxygen atoms in total. The molecule has 1 amide bonds. The van der Waals surface area contributed by atoms with E-state index in [1.165, 1.54) is 6.42 Å². The van der Waals surface area contributed by atoms with Gasteiger partial charge in [-0.3, -0.25) is 4.79 Å². The Labute approximate surface area is 155 Å². The first kappa shape index (κ1) is 19.6. The van der Waals surface area contributed by atoms with E-state index in [9.17, 15) is 18.0 Å². The maximum absolute atomic E-state index is 12.9. The minimum absolute atomic E-state index is 0.0550. The number of carbonyl (C=O) groups excluding carboxylic acids is 1. The molecule has 0 spiro atoms. The fraction of sp³-hybridized carbons (Fsp3) is 0.667. The molecule has 9 heteroatoms. The zero-order chi connectivity index (χ0) is 19.9. The van der Waals surface area contributed by atoms with E-state index < -0.39 is 12.0 Å². The van der Waals surface area contributed by atoms with Crippen LogP contribution in [-0.2, 0) is 17.4 Å². The van der Waals surface area contributed by atoms with Gasteiger partial charge in [-0.05, 0) is 32.1 Å². The van der Waals surface area contributed by atoms with E-state index in [1.54, 1.807) is 13.8 Å². The molecule has 3 atom stereocenters. The highest BCUT2D eigenvalue weighted by molar-refractivity contribution is 5.79. The van der Waals surface area contributed by atoms with Gasteiger partial charge in [-0.2, -0.15) is 18.2 Å². The van der Waals surface area contributed by atoms with Crippen molar-refractivity contribution in [1.29, 1.82) is 0 Å². The Morgan fingerprint density at radius 2 is 1.93 bits per heavy atom. The highest BCUT2D eigenvalue weighted by atomic mass is 19.4. The van der Waals surface area contributed by atoms with Crippen LogP contribution in [0.3, 0.4) is 0 Å². The molecule has 0 radical (unpaired) electrons. The van der Waals surface area contributed by atoms with Gasteiger partial charge in [-0.15, -0.1) is 5.10 Å². The van der Waals surface area contributed by atoms with E-state index in [4.69, 9.17) is 0 Å². The predicted octanol–water partition coefficient (Wildman–Crippen LogP) is 3.24. The van der Waals surface area contributed by atoms with E-state index in [-0.39, 0.29) is 24.1 Å². The maximum atomic E-state index is 12.9. The number of rotatable bonds is 3. The van der Waals surface area contributed by atoms with Gasteiger partial charge in [0.05, 0.1) is 6.42 Å². The van der Waals surface area contributed by atoms with Crippen molar-refractivity contribution in [3.63, 3.8) is 0 Å². The molecule has 0 saturated heterocycles. The standard InChI is InChI=1S/C18H24F3N5O/c1-9-6-5-7-14(10(9)2)23-15(27)8-13-11(3)22-17-24-16(18(19,20)21)25-26(17)12(13)4/h9-10,14H,5-8H2,1-4H3,(H,23,27)/t9-,10-,14+/m0/s1. The van der Waals surface area contributed by atoms with E-state index in [0.29, 0.717) is 28.8 Å². The lowest BCUT2D eigenvalue weighted by atomic mass is 9.78. The summed E-state index contributed by atoms with van der Waals surface area (Å²) >= 11 is 0. The number of hydrogen-bond donors (Lipinski definition) is 1. The molecule has 0 unspecified atom stereocenters. The minimum Gasteiger partial charge on any atom is -0.353 e. The quantitative estimate of drug-likeness (QED) is 0.883. The summed E-state index contributed by atoms with van der Waals surface area (Å²) in [6.45, 7) is 7.64. The van der Waals surface area contributed by atoms with Gasteiger partial charge in [-0.1, -0.05) is 26.7 Å². The minimum atomic E-state index is -4.64. The van der Waals surface area contributed by atoms with Crippen LogP contribution in [0.15, 0.2) is 0 Å². The van der Waals surface area contributed by atoms with Crippen LogP contribution in [0.5, 0.6) is 0 Å². The lowest BCUT2D eigenvalue weighted by molar-refractivity contribution is -0.144. The van der Waals surface area contributed by atoms with Crippen LogP contribution in [0.2, 0.25) is 0 Å². The zero-order valence-electron chi connectivity index (χ0n) is 15.9. The monoisotopic (exact) mass is 383 g/mol. The first-order valence-electron chi connectivity index (χ1n) is 9.17. The summed E-state index contributed by atoms with van der Waals surface area (Å²) < 4.78 is 39.7. The smallest absolute Gasteiger partial charge is 0.353 e. The Hall–Kier alpha value is -2.19. The molecule has 0 bridgehead atoms. The van der Waals surface area contributed by atoms with Gasteiger partial charge in [0.1, 0.15) is 0 Å². The fourth-order valence-electron chi connectivity index (χ4n) is 3.79. The lowest BCUT2D eigenvalue weighted by Gasteiger charge is -2.34. The molecule has 1 aliphatic carbocycles. The second-order valence-electron chi connectivity index (χ2n) is 7.52. The highest BCUT2D eigenvalue weighted by Gasteiger charge is 2.37. The first-order chi connectivity index (χ1) is 12.6. The summed E-state index contributed by atoms with van der Waals surface area (Å²) in [5.41, 5.74) is 1.51. The summed E-state index contributed by atoms with van der Waals surface area (Å²) in [5.74, 6) is -0.540. The molecule has 27 heavy (non-hydrogen) atoms. The molecule has 0 aromatic carbocycles. The number of nitrogens with one attached hydrogen (secondary N) is 1. The van der Waals surface area contributed by atoms with Crippen LogP contribution in [0, 0.1) is 25.7 Å². The number of carbonyl (C=O) groups is 1. The SMILES string of the molecule is Cc1nc2nc(C(F)(F)F)nn2c(C)c1CC(=O)N[C@@H]1CCC[C@H](C)[C@@H]1C. The average Bonchev–Trinajstić information content (AvgIpc) is 3.00. The van der Waals surface area contributed by atoms with Crippen molar-refractivity contribution < 1.29 is 18.0 Å². The number of aromatic nitrogens is 4. The van der Waals surface area contributed by atoms with Gasteiger partial charge in [-0.25, -0.2) is 9.50 Å². The van der Waals surface area contributed by atoms with E-state index in [2.05, 4.69) is 34.2 Å². The number of hydrogen-bond acceptors (Lipinski definition) is 4. The normalized spacial score (nSPS) is 23.6. The van der Waals surface area contributed by atoms with Crippen LogP contribution in [0.1, 0.15) is 55.9 Å². The molecular formula is C18H24F3N5O. The molecule has 1 fully saturated rings. The number of fused-ring (bicyclic) bond motifs is 1. The van der Waals surface area contributed by atoms with Gasteiger partial charge in [0.2, 0.25) is 5.91 Å². The van der Waals surface area contributed by atoms with E-state index in [0.717, 1.165) is 17.4 Å². The Morgan fingerprint density at radius 1 is 1.22 bits per heavy atom. The number of halogens is 3. The number of aryl methyl sites for hydroxylation is 2. The molecule has 1 saturated carbocycles. The van der Waals surface area contributed by atoms with Crippen molar-refractivity contribution in [3.8, 4) is 0 Å². The van der Waals surface area contributed by atoms with Crippen molar-refractivity contribution in [3.05, 3.63) is 22.8 Å². The summed E-state index contributed by atoms with van der Waals surface area (Å²) in [4.78, 5) is 20.1. The largest absolute Gasteiger partial charge is 0.453 e. The van der Waals surface area contributed by atoms with Crippen molar-refractivity contribution >= 4 is 11.7 Å². The summed E-state index contributed by atoms with van der Waals surface area (Å²) in [7, 11) is 0. The highest BCUT2D eigenvalue weighted by Crippen LogP contribution is 2.30. The third-order valence-electron chi connectivity index (χ3n) is 5.69. The molecule has 0 aliphatic heterocycles. The second kappa shape index (κ2) is 7.09. The lowest BCUT2D eigenvalue weighted by Crippen LogP contribution is -2.44. The van der Waals surface area contributed by atoms with Crippen LogP contribution in [0.4, 0.5) is 13.2 Å². The van der Waals surface area contributed by atoms with Gasteiger partial charge in [0.25, 0.3) is 11.6 Å². The maximum Gasteiger partial charge on any atom is 0.453 e. The van der Waals surface area contributed by atoms with Crippen LogP contribution in [-0.4, -0.2) is 31.5 Å². The molecule has 148 valence electrons. The van der Waals surface area contributed by atoms with Crippen molar-refractivity contribution in [2.45, 2.75) is 65.6 Å². The van der Waals surface area contributed by atoms with Crippen LogP contribution in [0.25, 0.3) is 5.78 Å². The third kappa shape index (κ3) is 3.91. The van der Waals surface area contributed by atoms with Crippen LogP contribution < -0.4 is 5.32 Å². The predicted molar refractivity (Wildman–Crippen MR) is 93.1 cm³/mol. The number of alkyl halides is 3. The Balaban J connectivity index is 1.83. The molecule has 2 aromatic rings. The Bertz CT molecular complexity index is 861. The van der Waals surface area contributed by atoms with E-state index >= 15 is 0 Å². The van der Waals surface area contributed by atoms with Crippen molar-refractivity contribution in [2.75, 3.05) is 0 Å². The molecule has 1 N–H and O–H groups in total. The van der Waals surface area contributed by atoms with Crippen LogP contribution >= 0.6 is 0 Å². The van der Waals surface area contributed by atoms with Gasteiger partial charge in [0.15, 0.2) is 0 Å². The summed E-state index contributed by atoms with van der Waals surface area (Å²) in [6.07, 6.45) is -1.38. The number of amides is 1. The summed E-state index contributed by atoms with van der Waals surface area (Å²) in [6, 6.07) is 0.127. The Kier molecular flexibility index (Phi) is 5.14. The Morgan fingerprint density at radius 3 is 2.59 bits per heavy atom. The third-order valence-corrected chi connectivity index (χ3v) is 5.69. The molecule has 3 rings (SSSR count). The molecule has 2 aromatic heterocycles. The first-order valence-corrected chi connectivity index (χ1v) is 9.17. The van der Waals surface area contributed by atoms with Crippen molar-refractivity contribution in [1.82, 2.24) is 24.9 Å². The topological polar surface area (TPSA) is 72.2 Å². The van der Waals surface area contributed by atoms with Crippen molar-refractivity contribution in [2.24, 2.45) is 11.8 Å².